The lowest BCUT2D eigenvalue weighted by molar-refractivity contribution is -0.132. The zero-order chi connectivity index (χ0) is 9.56. The molecule has 1 rings (SSSR count). The maximum absolute atomic E-state index is 9.60. The SMILES string of the molecule is C=C(C)C(=O)O.CC1=CCC=C1. The summed E-state index contributed by atoms with van der Waals surface area (Å²) >= 11 is 0. The predicted octanol–water partition coefficient (Wildman–Crippen LogP) is 2.54. The van der Waals surface area contributed by atoms with Crippen molar-refractivity contribution >= 4 is 5.97 Å². The Labute approximate surface area is 72.9 Å². The lowest BCUT2D eigenvalue weighted by Gasteiger charge is -1.79. The van der Waals surface area contributed by atoms with Gasteiger partial charge in [0, 0.05) is 5.57 Å². The van der Waals surface area contributed by atoms with Gasteiger partial charge >= 0.3 is 5.97 Å². The summed E-state index contributed by atoms with van der Waals surface area (Å²) in [7, 11) is 0. The summed E-state index contributed by atoms with van der Waals surface area (Å²) in [6, 6.07) is 0. The van der Waals surface area contributed by atoms with Crippen molar-refractivity contribution in [1.29, 1.82) is 0 Å². The van der Waals surface area contributed by atoms with Gasteiger partial charge in [0.1, 0.15) is 0 Å². The molecule has 0 unspecified atom stereocenters. The van der Waals surface area contributed by atoms with Gasteiger partial charge in [-0.2, -0.15) is 0 Å². The number of rotatable bonds is 1. The van der Waals surface area contributed by atoms with Crippen molar-refractivity contribution < 1.29 is 9.90 Å². The standard InChI is InChI=1S/C6H8.C4H6O2/c1-6-4-2-3-5-6;1-3(2)4(5)6/h2,4-5H,3H2,1H3;1H2,2H3,(H,5,6). The molecule has 0 aliphatic heterocycles. The Bertz CT molecular complexity index is 219. The van der Waals surface area contributed by atoms with Crippen LogP contribution in [-0.2, 0) is 4.79 Å². The number of carbonyl (C=O) groups is 1. The van der Waals surface area contributed by atoms with Crippen molar-refractivity contribution in [2.24, 2.45) is 0 Å². The van der Waals surface area contributed by atoms with Crippen LogP contribution >= 0.6 is 0 Å². The Morgan fingerprint density at radius 1 is 1.67 bits per heavy atom. The number of hydrogen-bond acceptors (Lipinski definition) is 1. The van der Waals surface area contributed by atoms with Crippen LogP contribution in [0, 0.1) is 0 Å². The molecule has 12 heavy (non-hydrogen) atoms. The molecule has 0 aromatic heterocycles. The van der Waals surface area contributed by atoms with E-state index in [1.54, 1.807) is 0 Å². The Kier molecular flexibility index (Phi) is 4.77. The summed E-state index contributed by atoms with van der Waals surface area (Å²) in [5, 5.41) is 7.89. The summed E-state index contributed by atoms with van der Waals surface area (Å²) in [4.78, 5) is 9.60. The lowest BCUT2D eigenvalue weighted by Crippen LogP contribution is -1.92. The molecule has 0 amide bonds. The van der Waals surface area contributed by atoms with E-state index in [1.807, 2.05) is 0 Å². The number of allylic oxidation sites excluding steroid dienone is 4. The minimum Gasteiger partial charge on any atom is -0.478 e. The Morgan fingerprint density at radius 2 is 2.17 bits per heavy atom. The predicted molar refractivity (Wildman–Crippen MR) is 50.0 cm³/mol. The second-order valence-electron chi connectivity index (χ2n) is 2.67. The van der Waals surface area contributed by atoms with Crippen LogP contribution < -0.4 is 0 Å². The van der Waals surface area contributed by atoms with Gasteiger partial charge in [0.25, 0.3) is 0 Å². The minimum absolute atomic E-state index is 0.176. The van der Waals surface area contributed by atoms with E-state index in [0.717, 1.165) is 6.42 Å². The third-order valence-corrected chi connectivity index (χ3v) is 1.32. The number of carboxylic acids is 1. The van der Waals surface area contributed by atoms with Crippen LogP contribution in [0.5, 0.6) is 0 Å². The van der Waals surface area contributed by atoms with Gasteiger partial charge in [-0.15, -0.1) is 0 Å². The van der Waals surface area contributed by atoms with E-state index in [4.69, 9.17) is 5.11 Å². The fourth-order valence-electron chi connectivity index (χ4n) is 0.576. The molecule has 66 valence electrons. The topological polar surface area (TPSA) is 37.3 Å². The average molecular weight is 166 g/mol. The normalized spacial score (nSPS) is 13.0. The minimum atomic E-state index is -0.935. The molecule has 0 heterocycles. The molecule has 0 fully saturated rings. The Morgan fingerprint density at radius 3 is 2.25 bits per heavy atom. The van der Waals surface area contributed by atoms with Gasteiger partial charge in [-0.3, -0.25) is 0 Å². The van der Waals surface area contributed by atoms with Crippen LogP contribution in [0.4, 0.5) is 0 Å². The second kappa shape index (κ2) is 5.35. The first-order chi connectivity index (χ1) is 5.54. The van der Waals surface area contributed by atoms with E-state index in [9.17, 15) is 4.79 Å². The van der Waals surface area contributed by atoms with Gasteiger partial charge in [-0.1, -0.05) is 30.4 Å². The molecule has 0 bridgehead atoms. The van der Waals surface area contributed by atoms with E-state index in [-0.39, 0.29) is 5.57 Å². The summed E-state index contributed by atoms with van der Waals surface area (Å²) in [5.41, 5.74) is 1.57. The molecule has 0 aromatic rings. The van der Waals surface area contributed by atoms with E-state index >= 15 is 0 Å². The maximum Gasteiger partial charge on any atom is 0.330 e. The molecule has 1 N–H and O–H groups in total. The number of hydrogen-bond donors (Lipinski definition) is 1. The molecule has 0 saturated carbocycles. The smallest absolute Gasteiger partial charge is 0.330 e. The highest BCUT2D eigenvalue weighted by Crippen LogP contribution is 2.05. The van der Waals surface area contributed by atoms with Crippen molar-refractivity contribution in [3.8, 4) is 0 Å². The van der Waals surface area contributed by atoms with E-state index in [1.165, 1.54) is 12.5 Å². The van der Waals surface area contributed by atoms with Gasteiger partial charge in [0.05, 0.1) is 0 Å². The lowest BCUT2D eigenvalue weighted by atomic mass is 10.3. The van der Waals surface area contributed by atoms with E-state index in [2.05, 4.69) is 31.7 Å². The highest BCUT2D eigenvalue weighted by molar-refractivity contribution is 5.84. The number of aliphatic carboxylic acids is 1. The highest BCUT2D eigenvalue weighted by atomic mass is 16.4. The summed E-state index contributed by atoms with van der Waals surface area (Å²) < 4.78 is 0. The van der Waals surface area contributed by atoms with Crippen LogP contribution in [0.3, 0.4) is 0 Å². The van der Waals surface area contributed by atoms with Crippen LogP contribution in [0.25, 0.3) is 0 Å². The first-order valence-electron chi connectivity index (χ1n) is 3.76. The molecule has 0 radical (unpaired) electrons. The highest BCUT2D eigenvalue weighted by Gasteiger charge is 1.90. The third-order valence-electron chi connectivity index (χ3n) is 1.32. The van der Waals surface area contributed by atoms with Crippen molar-refractivity contribution in [2.45, 2.75) is 20.3 Å². The van der Waals surface area contributed by atoms with E-state index in [0.29, 0.717) is 0 Å². The molecule has 2 heteroatoms. The average Bonchev–Trinajstić information content (AvgIpc) is 2.40. The third kappa shape index (κ3) is 5.47. The largest absolute Gasteiger partial charge is 0.478 e. The summed E-state index contributed by atoms with van der Waals surface area (Å²) in [6.07, 6.45) is 7.65. The fraction of sp³-hybridized carbons (Fsp3) is 0.300. The quantitative estimate of drug-likeness (QED) is 0.608. The first-order valence-corrected chi connectivity index (χ1v) is 3.76. The zero-order valence-corrected chi connectivity index (χ0v) is 7.50. The molecule has 1 aliphatic rings. The molecule has 0 atom stereocenters. The van der Waals surface area contributed by atoms with Crippen molar-refractivity contribution in [1.82, 2.24) is 0 Å². The molecular formula is C10H14O2. The molecular weight excluding hydrogens is 152 g/mol. The summed E-state index contributed by atoms with van der Waals surface area (Å²) in [6.45, 7) is 6.72. The van der Waals surface area contributed by atoms with E-state index < -0.39 is 5.97 Å². The maximum atomic E-state index is 9.60. The fourth-order valence-corrected chi connectivity index (χ4v) is 0.576. The van der Waals surface area contributed by atoms with Gasteiger partial charge < -0.3 is 5.11 Å². The molecule has 0 spiro atoms. The van der Waals surface area contributed by atoms with Crippen molar-refractivity contribution in [3.63, 3.8) is 0 Å². The van der Waals surface area contributed by atoms with Crippen molar-refractivity contribution in [2.75, 3.05) is 0 Å². The van der Waals surface area contributed by atoms with Crippen molar-refractivity contribution in [3.05, 3.63) is 36.0 Å². The first kappa shape index (κ1) is 10.7. The number of carboxylic acid groups (broad SMARTS) is 1. The Balaban J connectivity index is 0.000000202. The summed E-state index contributed by atoms with van der Waals surface area (Å²) in [5.74, 6) is -0.935. The van der Waals surface area contributed by atoms with Crippen LogP contribution in [0.15, 0.2) is 36.0 Å². The van der Waals surface area contributed by atoms with Gasteiger partial charge in [-0.05, 0) is 20.3 Å². The Hall–Kier alpha value is -1.31. The second-order valence-corrected chi connectivity index (χ2v) is 2.67. The molecule has 1 aliphatic carbocycles. The van der Waals surface area contributed by atoms with Crippen LogP contribution in [0.2, 0.25) is 0 Å². The molecule has 2 nitrogen and oxygen atoms in total. The monoisotopic (exact) mass is 166 g/mol. The zero-order valence-electron chi connectivity index (χ0n) is 7.50. The van der Waals surface area contributed by atoms with Gasteiger partial charge in [0.15, 0.2) is 0 Å². The van der Waals surface area contributed by atoms with Crippen LogP contribution in [-0.4, -0.2) is 11.1 Å². The van der Waals surface area contributed by atoms with Gasteiger partial charge in [-0.25, -0.2) is 4.79 Å². The van der Waals surface area contributed by atoms with Crippen LogP contribution in [0.1, 0.15) is 20.3 Å². The molecule has 0 aromatic carbocycles. The molecule has 0 saturated heterocycles. The van der Waals surface area contributed by atoms with Gasteiger partial charge in [0.2, 0.25) is 0 Å².